The van der Waals surface area contributed by atoms with Crippen molar-refractivity contribution in [2.45, 2.75) is 38.0 Å². The van der Waals surface area contributed by atoms with E-state index in [-0.39, 0.29) is 41.8 Å². The van der Waals surface area contributed by atoms with Gasteiger partial charge in [-0.05, 0) is 67.1 Å². The first-order valence-corrected chi connectivity index (χ1v) is 15.0. The molecule has 5 aromatic rings. The number of phenolic OH excluding ortho intramolecular Hbond substituents is 1. The number of carbonyl (C=O) groups is 1. The highest BCUT2D eigenvalue weighted by Gasteiger charge is 2.30. The lowest BCUT2D eigenvalue weighted by atomic mass is 10.0. The van der Waals surface area contributed by atoms with Crippen LogP contribution >= 0.6 is 11.6 Å². The third-order valence-electron chi connectivity index (χ3n) is 8.75. The predicted octanol–water partition coefficient (Wildman–Crippen LogP) is 6.29. The van der Waals surface area contributed by atoms with Crippen LogP contribution in [0.25, 0.3) is 44.6 Å². The molecule has 3 N–H and O–H groups in total. The van der Waals surface area contributed by atoms with Crippen molar-refractivity contribution in [1.29, 1.82) is 0 Å². The maximum atomic E-state index is 14.9. The van der Waals surface area contributed by atoms with Crippen LogP contribution in [-0.4, -0.2) is 62.4 Å². The average Bonchev–Trinajstić information content (AvgIpc) is 3.67. The summed E-state index contributed by atoms with van der Waals surface area (Å²) in [5.74, 6) is 0.643. The fourth-order valence-electron chi connectivity index (χ4n) is 6.40. The summed E-state index contributed by atoms with van der Waals surface area (Å²) in [6.45, 7) is 1.04. The van der Waals surface area contributed by atoms with Gasteiger partial charge in [0.25, 0.3) is 5.91 Å². The molecule has 1 saturated carbocycles. The minimum absolute atomic E-state index is 0.00131. The van der Waals surface area contributed by atoms with E-state index in [1.54, 1.807) is 25.3 Å². The number of nitrogens with zero attached hydrogens (tertiary/aromatic N) is 4. The van der Waals surface area contributed by atoms with E-state index in [1.165, 1.54) is 17.0 Å². The van der Waals surface area contributed by atoms with Crippen molar-refractivity contribution in [3.63, 3.8) is 0 Å². The first-order valence-electron chi connectivity index (χ1n) is 14.7. The normalized spacial score (nSPS) is 18.8. The third-order valence-corrected chi connectivity index (χ3v) is 9.13. The number of imidazole rings is 1. The van der Waals surface area contributed by atoms with Crippen LogP contribution in [-0.2, 0) is 13.6 Å². The fraction of sp³-hybridized carbons (Fsp3) is 0.333. The number of benzene rings is 3. The van der Waals surface area contributed by atoms with E-state index in [4.69, 9.17) is 27.1 Å². The lowest BCUT2D eigenvalue weighted by Crippen LogP contribution is -2.50. The second-order valence-electron chi connectivity index (χ2n) is 12.0. The summed E-state index contributed by atoms with van der Waals surface area (Å²) in [7, 11) is 3.44. The SMILES string of the molecule is COc1cc(C(=O)N2C[C@H](N)C[C@@H](F)C2)cc2nc(-c3cc4ccc(-c5c(F)ccc(O)c5Cl)cc4n3CC3CC3)n(C)c12. The minimum atomic E-state index is -1.16. The maximum absolute atomic E-state index is 14.9. The molecule has 3 aromatic carbocycles. The summed E-state index contributed by atoms with van der Waals surface area (Å²) < 4.78 is 39.0. The number of ether oxygens (including phenoxy) is 1. The number of amides is 1. The highest BCUT2D eigenvalue weighted by molar-refractivity contribution is 6.34. The molecule has 44 heavy (non-hydrogen) atoms. The number of alkyl halides is 1. The Kier molecular flexibility index (Phi) is 7.01. The number of nitrogens with two attached hydrogens (primary N) is 1. The van der Waals surface area contributed by atoms with E-state index < -0.39 is 18.0 Å². The largest absolute Gasteiger partial charge is 0.506 e. The van der Waals surface area contributed by atoms with Gasteiger partial charge in [-0.1, -0.05) is 23.7 Å². The Bertz CT molecular complexity index is 1940. The molecule has 0 radical (unpaired) electrons. The zero-order valence-electron chi connectivity index (χ0n) is 24.4. The fourth-order valence-corrected chi connectivity index (χ4v) is 6.66. The minimum Gasteiger partial charge on any atom is -0.506 e. The van der Waals surface area contributed by atoms with Gasteiger partial charge in [0.05, 0.1) is 29.9 Å². The molecule has 1 amide bonds. The van der Waals surface area contributed by atoms with Crippen LogP contribution in [0.2, 0.25) is 5.02 Å². The van der Waals surface area contributed by atoms with E-state index in [9.17, 15) is 18.7 Å². The van der Waals surface area contributed by atoms with Gasteiger partial charge >= 0.3 is 0 Å². The highest BCUT2D eigenvalue weighted by atomic mass is 35.5. The Morgan fingerprint density at radius 3 is 2.68 bits per heavy atom. The van der Waals surface area contributed by atoms with E-state index in [2.05, 4.69) is 10.6 Å². The van der Waals surface area contributed by atoms with Crippen molar-refractivity contribution in [2.24, 2.45) is 18.7 Å². The Balaban J connectivity index is 1.36. The molecule has 2 aliphatic rings. The third kappa shape index (κ3) is 4.86. The molecule has 11 heteroatoms. The van der Waals surface area contributed by atoms with Gasteiger partial charge in [-0.25, -0.2) is 13.8 Å². The van der Waals surface area contributed by atoms with Crippen LogP contribution in [0.5, 0.6) is 11.5 Å². The number of halogens is 3. The van der Waals surface area contributed by atoms with Gasteiger partial charge in [-0.2, -0.15) is 0 Å². The standard InChI is InChI=1S/C33H32ClF2N5O3/c1-39-31-24(9-20(12-28(31)44-2)33(43)40-15-21(35)13-22(37)16-40)38-32(39)26-10-18-5-6-19(11-25(18)41(26)14-17-3-4-17)29-23(36)7-8-27(42)30(29)34/h5-12,17,21-22,42H,3-4,13-16,37H2,1-2H3/t21-,22-/m1/s1. The number of fused-ring (bicyclic) bond motifs is 2. The Morgan fingerprint density at radius 2 is 1.95 bits per heavy atom. The van der Waals surface area contributed by atoms with Crippen LogP contribution in [0.15, 0.2) is 48.5 Å². The molecule has 0 spiro atoms. The number of carbonyl (C=O) groups excluding carboxylic acids is 1. The van der Waals surface area contributed by atoms with E-state index >= 15 is 0 Å². The molecular formula is C33H32ClF2N5O3. The first-order chi connectivity index (χ1) is 21.1. The Labute approximate surface area is 257 Å². The van der Waals surface area contributed by atoms with Crippen LogP contribution in [0, 0.1) is 11.7 Å². The summed E-state index contributed by atoms with van der Waals surface area (Å²) in [4.78, 5) is 19.9. The molecule has 0 unspecified atom stereocenters. The number of aryl methyl sites for hydroxylation is 1. The molecule has 3 heterocycles. The van der Waals surface area contributed by atoms with Gasteiger partial charge in [0.1, 0.15) is 29.0 Å². The zero-order chi connectivity index (χ0) is 30.9. The number of methoxy groups -OCH3 is 1. The monoisotopic (exact) mass is 619 g/mol. The van der Waals surface area contributed by atoms with Crippen molar-refractivity contribution in [1.82, 2.24) is 19.0 Å². The smallest absolute Gasteiger partial charge is 0.254 e. The van der Waals surface area contributed by atoms with Crippen molar-refractivity contribution >= 4 is 39.4 Å². The second kappa shape index (κ2) is 10.8. The zero-order valence-corrected chi connectivity index (χ0v) is 25.1. The van der Waals surface area contributed by atoms with Crippen LogP contribution in [0.1, 0.15) is 29.6 Å². The number of piperidine rings is 1. The van der Waals surface area contributed by atoms with Gasteiger partial charge in [-0.15, -0.1) is 0 Å². The lowest BCUT2D eigenvalue weighted by molar-refractivity contribution is 0.0606. The first kappa shape index (κ1) is 28.6. The average molecular weight is 620 g/mol. The van der Waals surface area contributed by atoms with Gasteiger partial charge in [0, 0.05) is 48.2 Å². The van der Waals surface area contributed by atoms with Crippen LogP contribution < -0.4 is 10.5 Å². The molecule has 8 nitrogen and oxygen atoms in total. The van der Waals surface area contributed by atoms with Gasteiger partial charge in [-0.3, -0.25) is 4.79 Å². The van der Waals surface area contributed by atoms with Crippen LogP contribution in [0.3, 0.4) is 0 Å². The predicted molar refractivity (Wildman–Crippen MR) is 166 cm³/mol. The number of likely N-dealkylation sites (tertiary alicyclic amines) is 1. The highest BCUT2D eigenvalue weighted by Crippen LogP contribution is 2.41. The summed E-state index contributed by atoms with van der Waals surface area (Å²) in [5, 5.41) is 11.1. The molecule has 2 aromatic heterocycles. The lowest BCUT2D eigenvalue weighted by Gasteiger charge is -2.33. The molecule has 1 saturated heterocycles. The molecule has 7 rings (SSSR count). The van der Waals surface area contributed by atoms with Crippen LogP contribution in [0.4, 0.5) is 8.78 Å². The van der Waals surface area contributed by atoms with Crippen molar-refractivity contribution in [3.05, 3.63) is 64.9 Å². The summed E-state index contributed by atoms with van der Waals surface area (Å²) in [6, 6.07) is 13.1. The molecule has 0 bridgehead atoms. The molecule has 228 valence electrons. The van der Waals surface area contributed by atoms with Crippen molar-refractivity contribution in [3.8, 4) is 34.1 Å². The van der Waals surface area contributed by atoms with E-state index in [0.717, 1.165) is 41.5 Å². The number of aromatic nitrogens is 3. The number of hydrogen-bond acceptors (Lipinski definition) is 5. The maximum Gasteiger partial charge on any atom is 0.254 e. The Hall–Kier alpha value is -4.15. The quantitative estimate of drug-likeness (QED) is 0.233. The summed E-state index contributed by atoms with van der Waals surface area (Å²) >= 11 is 6.34. The summed E-state index contributed by atoms with van der Waals surface area (Å²) in [5.41, 5.74) is 10.1. The number of phenols is 1. The van der Waals surface area contributed by atoms with E-state index in [1.807, 2.05) is 23.7 Å². The van der Waals surface area contributed by atoms with Gasteiger partial charge < -0.3 is 29.6 Å². The Morgan fingerprint density at radius 1 is 1.16 bits per heavy atom. The van der Waals surface area contributed by atoms with E-state index in [0.29, 0.717) is 34.1 Å². The summed E-state index contributed by atoms with van der Waals surface area (Å²) in [6.07, 6.45) is 1.31. The topological polar surface area (TPSA) is 98.5 Å². The molecule has 1 aliphatic heterocycles. The number of hydrogen-bond donors (Lipinski definition) is 2. The molecular weight excluding hydrogens is 588 g/mol. The molecule has 2 fully saturated rings. The number of rotatable bonds is 6. The molecule has 1 aliphatic carbocycles. The molecule has 2 atom stereocenters. The van der Waals surface area contributed by atoms with Crippen molar-refractivity contribution in [2.75, 3.05) is 20.2 Å². The van der Waals surface area contributed by atoms with Gasteiger partial charge in [0.15, 0.2) is 5.82 Å². The van der Waals surface area contributed by atoms with Gasteiger partial charge in [0.2, 0.25) is 0 Å². The second-order valence-corrected chi connectivity index (χ2v) is 12.3. The van der Waals surface area contributed by atoms with Crippen molar-refractivity contribution < 1.29 is 23.4 Å². The number of aromatic hydroxyl groups is 1.